The fraction of sp³-hybridized carbons (Fsp3) is 0.889. The summed E-state index contributed by atoms with van der Waals surface area (Å²) >= 11 is 0. The number of hydrogen-bond donors (Lipinski definition) is 1. The molecule has 3 nitrogen and oxygen atoms in total. The van der Waals surface area contributed by atoms with E-state index in [9.17, 15) is 4.79 Å². The van der Waals surface area contributed by atoms with Gasteiger partial charge in [0.15, 0.2) is 0 Å². The average molecular weight is 169 g/mol. The quantitative estimate of drug-likeness (QED) is 0.618. The molecule has 2 saturated carbocycles. The van der Waals surface area contributed by atoms with Gasteiger partial charge in [0, 0.05) is 6.04 Å². The predicted molar refractivity (Wildman–Crippen MR) is 44.4 cm³/mol. The van der Waals surface area contributed by atoms with E-state index >= 15 is 0 Å². The van der Waals surface area contributed by atoms with Crippen LogP contribution in [0.5, 0.6) is 0 Å². The van der Waals surface area contributed by atoms with Crippen molar-refractivity contribution in [3.8, 4) is 0 Å². The third kappa shape index (κ3) is 0.959. The van der Waals surface area contributed by atoms with Gasteiger partial charge in [-0.1, -0.05) is 0 Å². The molecule has 0 bridgehead atoms. The number of carbonyl (C=O) groups is 1. The minimum Gasteiger partial charge on any atom is -0.466 e. The van der Waals surface area contributed by atoms with E-state index in [0.717, 1.165) is 6.42 Å². The first-order chi connectivity index (χ1) is 5.69. The Bertz CT molecular complexity index is 211. The summed E-state index contributed by atoms with van der Waals surface area (Å²) < 4.78 is 4.92. The molecule has 2 rings (SSSR count). The third-order valence-corrected chi connectivity index (χ3v) is 3.25. The smallest absolute Gasteiger partial charge is 0.310 e. The molecule has 0 aromatic heterocycles. The lowest BCUT2D eigenvalue weighted by molar-refractivity contribution is -0.155. The first-order valence-corrected chi connectivity index (χ1v) is 4.62. The van der Waals surface area contributed by atoms with Crippen molar-refractivity contribution in [2.75, 3.05) is 6.61 Å². The van der Waals surface area contributed by atoms with E-state index in [0.29, 0.717) is 12.0 Å². The Hall–Kier alpha value is -0.570. The Morgan fingerprint density at radius 2 is 2.33 bits per heavy atom. The summed E-state index contributed by atoms with van der Waals surface area (Å²) in [5, 5.41) is 0. The lowest BCUT2D eigenvalue weighted by Gasteiger charge is -2.41. The number of esters is 1. The molecule has 3 heteroatoms. The van der Waals surface area contributed by atoms with E-state index in [-0.39, 0.29) is 17.9 Å². The maximum atomic E-state index is 11.2. The summed E-state index contributed by atoms with van der Waals surface area (Å²) in [4.78, 5) is 11.2. The van der Waals surface area contributed by atoms with E-state index < -0.39 is 0 Å². The fourth-order valence-corrected chi connectivity index (χ4v) is 2.14. The number of ether oxygens (including phenoxy) is 1. The van der Waals surface area contributed by atoms with Gasteiger partial charge in [0.25, 0.3) is 0 Å². The minimum atomic E-state index is -0.0949. The van der Waals surface area contributed by atoms with Gasteiger partial charge in [-0.15, -0.1) is 0 Å². The first-order valence-electron chi connectivity index (χ1n) is 4.62. The van der Waals surface area contributed by atoms with E-state index in [2.05, 4.69) is 0 Å². The second-order valence-corrected chi connectivity index (χ2v) is 3.95. The van der Waals surface area contributed by atoms with Gasteiger partial charge in [0.1, 0.15) is 0 Å². The molecule has 0 saturated heterocycles. The van der Waals surface area contributed by atoms with Crippen molar-refractivity contribution in [2.24, 2.45) is 17.1 Å². The summed E-state index contributed by atoms with van der Waals surface area (Å²) in [6.45, 7) is 2.30. The molecule has 2 aliphatic carbocycles. The van der Waals surface area contributed by atoms with Gasteiger partial charge in [-0.05, 0) is 31.6 Å². The van der Waals surface area contributed by atoms with Crippen LogP contribution < -0.4 is 5.73 Å². The van der Waals surface area contributed by atoms with E-state index in [1.165, 1.54) is 12.8 Å². The zero-order valence-electron chi connectivity index (χ0n) is 7.38. The maximum Gasteiger partial charge on any atom is 0.310 e. The molecule has 0 radical (unpaired) electrons. The van der Waals surface area contributed by atoms with Crippen molar-refractivity contribution in [1.29, 1.82) is 0 Å². The molecule has 2 atom stereocenters. The monoisotopic (exact) mass is 169 g/mol. The summed E-state index contributed by atoms with van der Waals surface area (Å²) in [5.41, 5.74) is 6.25. The Kier molecular flexibility index (Phi) is 1.65. The second-order valence-electron chi connectivity index (χ2n) is 3.95. The summed E-state index contributed by atoms with van der Waals surface area (Å²) in [6, 6.07) is 0.0801. The fourth-order valence-electron chi connectivity index (χ4n) is 2.14. The van der Waals surface area contributed by atoms with Crippen LogP contribution in [0.2, 0.25) is 0 Å². The van der Waals surface area contributed by atoms with Gasteiger partial charge in [0.05, 0.1) is 12.5 Å². The number of nitrogens with two attached hydrogens (primary N) is 1. The van der Waals surface area contributed by atoms with Crippen molar-refractivity contribution in [3.63, 3.8) is 0 Å². The molecule has 0 aromatic carbocycles. The standard InChI is InChI=1S/C9H15NO2/c1-2-12-8(11)6-5-9(3-4-9)7(6)10/h6-7H,2-5,10H2,1H3. The van der Waals surface area contributed by atoms with Crippen molar-refractivity contribution in [1.82, 2.24) is 0 Å². The number of rotatable bonds is 2. The summed E-state index contributed by atoms with van der Waals surface area (Å²) in [5.74, 6) is -0.102. The maximum absolute atomic E-state index is 11.2. The highest BCUT2D eigenvalue weighted by molar-refractivity contribution is 5.75. The third-order valence-electron chi connectivity index (χ3n) is 3.25. The molecule has 2 aliphatic rings. The van der Waals surface area contributed by atoms with Crippen molar-refractivity contribution in [2.45, 2.75) is 32.2 Å². The minimum absolute atomic E-state index is 0.00699. The van der Waals surface area contributed by atoms with Crippen LogP contribution in [0.15, 0.2) is 0 Å². The van der Waals surface area contributed by atoms with Crippen LogP contribution in [0.25, 0.3) is 0 Å². The van der Waals surface area contributed by atoms with Crippen LogP contribution in [0.3, 0.4) is 0 Å². The van der Waals surface area contributed by atoms with Crippen molar-refractivity contribution in [3.05, 3.63) is 0 Å². The van der Waals surface area contributed by atoms with Gasteiger partial charge in [-0.2, -0.15) is 0 Å². The molecule has 0 aromatic rings. The van der Waals surface area contributed by atoms with Crippen LogP contribution in [-0.4, -0.2) is 18.6 Å². The van der Waals surface area contributed by atoms with Crippen molar-refractivity contribution < 1.29 is 9.53 Å². The molecular weight excluding hydrogens is 154 g/mol. The van der Waals surface area contributed by atoms with Crippen LogP contribution in [0, 0.1) is 11.3 Å². The number of hydrogen-bond acceptors (Lipinski definition) is 3. The zero-order valence-corrected chi connectivity index (χ0v) is 7.38. The lowest BCUT2D eigenvalue weighted by Crippen LogP contribution is -2.54. The summed E-state index contributed by atoms with van der Waals surface area (Å²) in [7, 11) is 0. The molecule has 68 valence electrons. The SMILES string of the molecule is CCOC(=O)C1CC2(CC2)C1N. The number of carbonyl (C=O) groups excluding carboxylic acids is 1. The molecule has 1 spiro atoms. The van der Waals surface area contributed by atoms with Crippen LogP contribution in [0.1, 0.15) is 26.2 Å². The second kappa shape index (κ2) is 2.46. The highest BCUT2D eigenvalue weighted by Crippen LogP contribution is 2.62. The lowest BCUT2D eigenvalue weighted by atomic mass is 9.67. The van der Waals surface area contributed by atoms with Crippen LogP contribution in [0.4, 0.5) is 0 Å². The highest BCUT2D eigenvalue weighted by atomic mass is 16.5. The first kappa shape index (κ1) is 8.05. The Morgan fingerprint density at radius 1 is 1.67 bits per heavy atom. The van der Waals surface area contributed by atoms with Gasteiger partial charge < -0.3 is 10.5 Å². The molecule has 0 amide bonds. The molecule has 0 aliphatic heterocycles. The Labute approximate surface area is 72.3 Å². The average Bonchev–Trinajstić information content (AvgIpc) is 2.81. The predicted octanol–water partition coefficient (Wildman–Crippen LogP) is 0.677. The van der Waals surface area contributed by atoms with E-state index in [1.54, 1.807) is 0 Å². The normalized spacial score (nSPS) is 35.8. The zero-order chi connectivity index (χ0) is 8.77. The molecule has 0 heterocycles. The van der Waals surface area contributed by atoms with Gasteiger partial charge in [-0.3, -0.25) is 4.79 Å². The van der Waals surface area contributed by atoms with Gasteiger partial charge >= 0.3 is 5.97 Å². The highest BCUT2D eigenvalue weighted by Gasteiger charge is 2.62. The molecule has 12 heavy (non-hydrogen) atoms. The molecule has 2 unspecified atom stereocenters. The molecule has 2 N–H and O–H groups in total. The topological polar surface area (TPSA) is 52.3 Å². The van der Waals surface area contributed by atoms with Crippen LogP contribution in [-0.2, 0) is 9.53 Å². The Balaban J connectivity index is 1.88. The Morgan fingerprint density at radius 3 is 2.75 bits per heavy atom. The van der Waals surface area contributed by atoms with E-state index in [4.69, 9.17) is 10.5 Å². The van der Waals surface area contributed by atoms with E-state index in [1.807, 2.05) is 6.92 Å². The van der Waals surface area contributed by atoms with Gasteiger partial charge in [0.2, 0.25) is 0 Å². The molecule has 2 fully saturated rings. The molecular formula is C9H15NO2. The van der Waals surface area contributed by atoms with Gasteiger partial charge in [-0.25, -0.2) is 0 Å². The summed E-state index contributed by atoms with van der Waals surface area (Å²) in [6.07, 6.45) is 3.39. The van der Waals surface area contributed by atoms with Crippen molar-refractivity contribution >= 4 is 5.97 Å². The largest absolute Gasteiger partial charge is 0.466 e. The van der Waals surface area contributed by atoms with Crippen LogP contribution >= 0.6 is 0 Å².